The molecule has 0 N–H and O–H groups in total. The van der Waals surface area contributed by atoms with E-state index < -0.39 is 0 Å². The first-order valence-corrected chi connectivity index (χ1v) is 6.19. The van der Waals surface area contributed by atoms with Crippen LogP contribution in [0.2, 0.25) is 0 Å². The van der Waals surface area contributed by atoms with Gasteiger partial charge in [0, 0.05) is 10.1 Å². The fourth-order valence-electron chi connectivity index (χ4n) is 1.98. The maximum absolute atomic E-state index is 4.59. The van der Waals surface area contributed by atoms with E-state index in [1.54, 1.807) is 0 Å². The molecular formula is C10H16IN. The van der Waals surface area contributed by atoms with E-state index in [1.165, 1.54) is 25.7 Å². The maximum atomic E-state index is 4.59. The van der Waals surface area contributed by atoms with E-state index in [0.717, 1.165) is 11.8 Å². The molecule has 2 saturated carbocycles. The van der Waals surface area contributed by atoms with Crippen molar-refractivity contribution in [2.45, 2.75) is 42.6 Å². The summed E-state index contributed by atoms with van der Waals surface area (Å²) in [6, 6.07) is 0.715. The largest absolute Gasteiger partial charge is 0.293 e. The number of aliphatic imine (C=N–C) groups is 1. The van der Waals surface area contributed by atoms with Gasteiger partial charge in [-0.1, -0.05) is 41.9 Å². The highest BCUT2D eigenvalue weighted by molar-refractivity contribution is 14.1. The van der Waals surface area contributed by atoms with Crippen LogP contribution in [0.3, 0.4) is 0 Å². The lowest BCUT2D eigenvalue weighted by Gasteiger charge is -2.24. The van der Waals surface area contributed by atoms with Gasteiger partial charge in [-0.15, -0.1) is 0 Å². The average Bonchev–Trinajstić information content (AvgIpc) is 2.60. The second kappa shape index (κ2) is 3.64. The van der Waals surface area contributed by atoms with Gasteiger partial charge in [-0.3, -0.25) is 4.99 Å². The van der Waals surface area contributed by atoms with Crippen LogP contribution in [0.5, 0.6) is 0 Å². The minimum Gasteiger partial charge on any atom is -0.293 e. The molecule has 2 aliphatic carbocycles. The van der Waals surface area contributed by atoms with Crippen LogP contribution in [-0.2, 0) is 0 Å². The Bertz CT molecular complexity index is 184. The Morgan fingerprint density at radius 1 is 1.50 bits per heavy atom. The molecule has 12 heavy (non-hydrogen) atoms. The van der Waals surface area contributed by atoms with Crippen LogP contribution < -0.4 is 0 Å². The van der Waals surface area contributed by atoms with Crippen molar-refractivity contribution in [2.24, 2.45) is 16.8 Å². The first-order chi connectivity index (χ1) is 5.77. The number of nitrogens with zero attached hydrogens (tertiary/aromatic N) is 1. The summed E-state index contributed by atoms with van der Waals surface area (Å²) >= 11 is 2.40. The highest BCUT2D eigenvalue weighted by atomic mass is 127. The SMILES string of the molecule is CC(I)C=NC1C[C@@H]1C1CCC1. The first kappa shape index (κ1) is 8.97. The Labute approximate surface area is 88.2 Å². The van der Waals surface area contributed by atoms with Gasteiger partial charge in [0.2, 0.25) is 0 Å². The molecular weight excluding hydrogens is 261 g/mol. The van der Waals surface area contributed by atoms with E-state index in [4.69, 9.17) is 0 Å². The summed E-state index contributed by atoms with van der Waals surface area (Å²) in [7, 11) is 0. The zero-order valence-corrected chi connectivity index (χ0v) is 9.70. The van der Waals surface area contributed by atoms with Crippen molar-refractivity contribution in [1.82, 2.24) is 0 Å². The fraction of sp³-hybridized carbons (Fsp3) is 0.900. The number of halogens is 1. The Kier molecular flexibility index (Phi) is 2.72. The van der Waals surface area contributed by atoms with Gasteiger partial charge >= 0.3 is 0 Å². The highest BCUT2D eigenvalue weighted by Crippen LogP contribution is 2.48. The molecule has 0 bridgehead atoms. The Morgan fingerprint density at radius 3 is 2.75 bits per heavy atom. The number of hydrogen-bond acceptors (Lipinski definition) is 1. The van der Waals surface area contributed by atoms with Crippen LogP contribution in [0, 0.1) is 11.8 Å². The molecule has 0 aliphatic heterocycles. The lowest BCUT2D eigenvalue weighted by Crippen LogP contribution is -2.14. The monoisotopic (exact) mass is 277 g/mol. The van der Waals surface area contributed by atoms with Gasteiger partial charge in [-0.05, 0) is 25.2 Å². The highest BCUT2D eigenvalue weighted by Gasteiger charge is 2.44. The zero-order chi connectivity index (χ0) is 8.55. The lowest BCUT2D eigenvalue weighted by molar-refractivity contribution is 0.274. The lowest BCUT2D eigenvalue weighted by atomic mass is 9.81. The standard InChI is InChI=1S/C10H16IN/c1-7(11)6-12-10-5-9(10)8-3-2-4-8/h6-10H,2-5H2,1H3/t7?,9-,10?/m1/s1. The predicted octanol–water partition coefficient (Wildman–Crippen LogP) is 3.07. The quantitative estimate of drug-likeness (QED) is 0.427. The summed E-state index contributed by atoms with van der Waals surface area (Å²) in [5.41, 5.74) is 0. The molecule has 3 atom stereocenters. The van der Waals surface area contributed by atoms with Crippen LogP contribution in [0.25, 0.3) is 0 Å². The van der Waals surface area contributed by atoms with Gasteiger partial charge < -0.3 is 0 Å². The van der Waals surface area contributed by atoms with E-state index in [2.05, 4.69) is 40.7 Å². The molecule has 0 aromatic carbocycles. The van der Waals surface area contributed by atoms with Gasteiger partial charge in [0.15, 0.2) is 0 Å². The Morgan fingerprint density at radius 2 is 2.25 bits per heavy atom. The second-order valence-electron chi connectivity index (χ2n) is 4.13. The molecule has 0 spiro atoms. The van der Waals surface area contributed by atoms with Crippen LogP contribution in [-0.4, -0.2) is 16.2 Å². The van der Waals surface area contributed by atoms with Crippen molar-refractivity contribution in [2.75, 3.05) is 0 Å². The summed E-state index contributed by atoms with van der Waals surface area (Å²) in [6.07, 6.45) is 7.93. The van der Waals surface area contributed by atoms with Crippen LogP contribution >= 0.6 is 22.6 Å². The summed E-state index contributed by atoms with van der Waals surface area (Å²) in [6.45, 7) is 2.19. The van der Waals surface area contributed by atoms with Crippen molar-refractivity contribution in [3.63, 3.8) is 0 Å². The van der Waals surface area contributed by atoms with Gasteiger partial charge in [0.1, 0.15) is 0 Å². The summed E-state index contributed by atoms with van der Waals surface area (Å²) < 4.78 is 0.602. The van der Waals surface area contributed by atoms with Crippen molar-refractivity contribution >= 4 is 28.8 Å². The minimum absolute atomic E-state index is 0.602. The smallest absolute Gasteiger partial charge is 0.0531 e. The molecule has 2 rings (SSSR count). The van der Waals surface area contributed by atoms with E-state index in [-0.39, 0.29) is 0 Å². The van der Waals surface area contributed by atoms with Crippen LogP contribution in [0.1, 0.15) is 32.6 Å². The van der Waals surface area contributed by atoms with Crippen molar-refractivity contribution in [3.05, 3.63) is 0 Å². The molecule has 2 fully saturated rings. The molecule has 0 aromatic heterocycles. The van der Waals surface area contributed by atoms with Gasteiger partial charge in [0.25, 0.3) is 0 Å². The third-order valence-electron chi connectivity index (χ3n) is 3.04. The number of alkyl halides is 1. The molecule has 0 amide bonds. The molecule has 2 heteroatoms. The van der Waals surface area contributed by atoms with E-state index >= 15 is 0 Å². The van der Waals surface area contributed by atoms with Gasteiger partial charge in [-0.25, -0.2) is 0 Å². The second-order valence-corrected chi connectivity index (χ2v) is 6.10. The molecule has 0 saturated heterocycles. The number of hydrogen-bond donors (Lipinski definition) is 0. The Hall–Kier alpha value is 0.400. The third-order valence-corrected chi connectivity index (χ3v) is 3.36. The van der Waals surface area contributed by atoms with Crippen LogP contribution in [0.4, 0.5) is 0 Å². The first-order valence-electron chi connectivity index (χ1n) is 4.94. The van der Waals surface area contributed by atoms with E-state index in [1.807, 2.05) is 0 Å². The molecule has 68 valence electrons. The molecule has 0 radical (unpaired) electrons. The molecule has 2 unspecified atom stereocenters. The normalized spacial score (nSPS) is 38.2. The Balaban J connectivity index is 1.72. The van der Waals surface area contributed by atoms with Crippen molar-refractivity contribution in [1.29, 1.82) is 0 Å². The van der Waals surface area contributed by atoms with E-state index in [9.17, 15) is 0 Å². The van der Waals surface area contributed by atoms with Crippen molar-refractivity contribution < 1.29 is 0 Å². The summed E-state index contributed by atoms with van der Waals surface area (Å²) in [4.78, 5) is 4.59. The van der Waals surface area contributed by atoms with Gasteiger partial charge in [0.05, 0.1) is 6.04 Å². The predicted molar refractivity (Wildman–Crippen MR) is 61.2 cm³/mol. The van der Waals surface area contributed by atoms with E-state index in [0.29, 0.717) is 9.97 Å². The molecule has 0 heterocycles. The van der Waals surface area contributed by atoms with Crippen molar-refractivity contribution in [3.8, 4) is 0 Å². The topological polar surface area (TPSA) is 12.4 Å². The fourth-order valence-corrected chi connectivity index (χ4v) is 2.16. The summed E-state index contributed by atoms with van der Waals surface area (Å²) in [5, 5.41) is 0. The van der Waals surface area contributed by atoms with Gasteiger partial charge in [-0.2, -0.15) is 0 Å². The molecule has 1 nitrogen and oxygen atoms in total. The minimum atomic E-state index is 0.602. The molecule has 2 aliphatic rings. The number of rotatable bonds is 3. The summed E-state index contributed by atoms with van der Waals surface area (Å²) in [5.74, 6) is 2.03. The zero-order valence-electron chi connectivity index (χ0n) is 7.54. The maximum Gasteiger partial charge on any atom is 0.0531 e. The molecule has 0 aromatic rings. The third kappa shape index (κ3) is 2.01. The average molecular weight is 277 g/mol. The van der Waals surface area contributed by atoms with Crippen LogP contribution in [0.15, 0.2) is 4.99 Å².